The van der Waals surface area contributed by atoms with Crippen molar-refractivity contribution in [3.05, 3.63) is 34.8 Å². The van der Waals surface area contributed by atoms with Crippen LogP contribution in [0.3, 0.4) is 0 Å². The van der Waals surface area contributed by atoms with Crippen LogP contribution >= 0.6 is 22.9 Å². The molecule has 1 aromatic heterocycles. The molecule has 0 atom stereocenters. The van der Waals surface area contributed by atoms with Crippen LogP contribution in [-0.2, 0) is 5.88 Å². The zero-order valence-corrected chi connectivity index (χ0v) is 8.95. The number of aromatic nitrogens is 2. The summed E-state index contributed by atoms with van der Waals surface area (Å²) in [5.41, 5.74) is 0.115. The molecule has 0 aliphatic rings. The van der Waals surface area contributed by atoms with Crippen molar-refractivity contribution in [2.45, 2.75) is 5.88 Å². The van der Waals surface area contributed by atoms with Crippen LogP contribution < -0.4 is 0 Å². The van der Waals surface area contributed by atoms with Crippen molar-refractivity contribution in [1.82, 2.24) is 10.2 Å². The van der Waals surface area contributed by atoms with Crippen LogP contribution in [0.5, 0.6) is 0 Å². The lowest BCUT2D eigenvalue weighted by molar-refractivity contribution is 0.511. The molecule has 0 amide bonds. The summed E-state index contributed by atoms with van der Waals surface area (Å²) in [6.45, 7) is 0. The highest BCUT2D eigenvalue weighted by Gasteiger charge is 2.13. The minimum Gasteiger partial charge on any atom is -0.204 e. The average molecular weight is 247 g/mol. The second-order valence-corrected chi connectivity index (χ2v) is 4.07. The number of nitrogens with zero attached hydrogens (tertiary/aromatic N) is 2. The summed E-state index contributed by atoms with van der Waals surface area (Å²) in [7, 11) is 0. The van der Waals surface area contributed by atoms with E-state index >= 15 is 0 Å². The predicted molar refractivity (Wildman–Crippen MR) is 54.8 cm³/mol. The summed E-state index contributed by atoms with van der Waals surface area (Å²) in [6, 6.07) is 3.94. The normalized spacial score (nSPS) is 10.6. The molecule has 0 saturated heterocycles. The first kappa shape index (κ1) is 10.4. The minimum atomic E-state index is -0.908. The van der Waals surface area contributed by atoms with Gasteiger partial charge in [0.15, 0.2) is 16.6 Å². The van der Waals surface area contributed by atoms with Gasteiger partial charge in [0, 0.05) is 0 Å². The summed E-state index contributed by atoms with van der Waals surface area (Å²) in [6.07, 6.45) is 0. The number of rotatable bonds is 2. The molecule has 0 bridgehead atoms. The van der Waals surface area contributed by atoms with Crippen LogP contribution in [0.25, 0.3) is 10.6 Å². The Bertz CT molecular complexity index is 487. The number of hydrogen-bond donors (Lipinski definition) is 0. The summed E-state index contributed by atoms with van der Waals surface area (Å²) < 4.78 is 26.2. The van der Waals surface area contributed by atoms with Gasteiger partial charge in [-0.05, 0) is 12.1 Å². The molecule has 2 aromatic rings. The van der Waals surface area contributed by atoms with Crippen LogP contribution in [0.1, 0.15) is 5.01 Å². The standard InChI is InChI=1S/C9H5ClF2N2S/c10-4-7-13-14-9(15-7)5-2-1-3-6(11)8(5)12/h1-3H,4H2. The van der Waals surface area contributed by atoms with E-state index in [1.165, 1.54) is 12.1 Å². The van der Waals surface area contributed by atoms with Gasteiger partial charge in [-0.3, -0.25) is 0 Å². The monoisotopic (exact) mass is 246 g/mol. The van der Waals surface area contributed by atoms with Crippen LogP contribution in [0.2, 0.25) is 0 Å². The lowest BCUT2D eigenvalue weighted by Crippen LogP contribution is -1.88. The van der Waals surface area contributed by atoms with Crippen LogP contribution in [0.4, 0.5) is 8.78 Å². The largest absolute Gasteiger partial charge is 0.204 e. The number of alkyl halides is 1. The topological polar surface area (TPSA) is 25.8 Å². The van der Waals surface area contributed by atoms with Gasteiger partial charge < -0.3 is 0 Å². The van der Waals surface area contributed by atoms with Gasteiger partial charge in [0.2, 0.25) is 0 Å². The molecule has 0 unspecified atom stereocenters. The molecule has 0 spiro atoms. The van der Waals surface area contributed by atoms with Crippen molar-refractivity contribution in [2.24, 2.45) is 0 Å². The fraction of sp³-hybridized carbons (Fsp3) is 0.111. The lowest BCUT2D eigenvalue weighted by atomic mass is 10.2. The Kier molecular flexibility index (Phi) is 2.93. The Hall–Kier alpha value is -1.07. The molecule has 0 aliphatic heterocycles. The molecule has 2 rings (SSSR count). The third-order valence-corrected chi connectivity index (χ3v) is 3.13. The Labute approximate surface area is 93.5 Å². The molecular weight excluding hydrogens is 242 g/mol. The van der Waals surface area contributed by atoms with Gasteiger partial charge in [-0.1, -0.05) is 17.4 Å². The molecular formula is C9H5ClF2N2S. The van der Waals surface area contributed by atoms with Gasteiger partial charge in [0.25, 0.3) is 0 Å². The smallest absolute Gasteiger partial charge is 0.169 e. The second-order valence-electron chi connectivity index (χ2n) is 2.74. The van der Waals surface area contributed by atoms with E-state index in [1.54, 1.807) is 0 Å². The number of hydrogen-bond acceptors (Lipinski definition) is 3. The first-order valence-electron chi connectivity index (χ1n) is 4.05. The van der Waals surface area contributed by atoms with Gasteiger partial charge in [-0.15, -0.1) is 21.8 Å². The van der Waals surface area contributed by atoms with Crippen molar-refractivity contribution in [3.8, 4) is 10.6 Å². The van der Waals surface area contributed by atoms with E-state index in [4.69, 9.17) is 11.6 Å². The predicted octanol–water partition coefficient (Wildman–Crippen LogP) is 3.22. The highest BCUT2D eigenvalue weighted by atomic mass is 35.5. The third-order valence-electron chi connectivity index (χ3n) is 1.76. The SMILES string of the molecule is Fc1cccc(-c2nnc(CCl)s2)c1F. The Morgan fingerprint density at radius 3 is 2.73 bits per heavy atom. The van der Waals surface area contributed by atoms with Crippen LogP contribution in [0.15, 0.2) is 18.2 Å². The maximum atomic E-state index is 13.3. The zero-order valence-electron chi connectivity index (χ0n) is 7.38. The average Bonchev–Trinajstić information content (AvgIpc) is 2.70. The van der Waals surface area contributed by atoms with Crippen LogP contribution in [0, 0.1) is 11.6 Å². The molecule has 0 fully saturated rings. The molecule has 78 valence electrons. The molecule has 0 aliphatic carbocycles. The van der Waals surface area contributed by atoms with Gasteiger partial charge in [-0.25, -0.2) is 8.78 Å². The summed E-state index contributed by atoms with van der Waals surface area (Å²) >= 11 is 6.69. The van der Waals surface area contributed by atoms with E-state index in [2.05, 4.69) is 10.2 Å². The maximum absolute atomic E-state index is 13.3. The molecule has 15 heavy (non-hydrogen) atoms. The van der Waals surface area contributed by atoms with Gasteiger partial charge >= 0.3 is 0 Å². The number of halogens is 3. The molecule has 2 nitrogen and oxygen atoms in total. The lowest BCUT2D eigenvalue weighted by Gasteiger charge is -1.97. The second kappa shape index (κ2) is 4.20. The Balaban J connectivity index is 2.49. The Morgan fingerprint density at radius 2 is 2.07 bits per heavy atom. The van der Waals surface area contributed by atoms with Gasteiger partial charge in [0.1, 0.15) is 5.01 Å². The molecule has 1 heterocycles. The fourth-order valence-corrected chi connectivity index (χ4v) is 2.01. The highest BCUT2D eigenvalue weighted by Crippen LogP contribution is 2.27. The quantitative estimate of drug-likeness (QED) is 0.761. The van der Waals surface area contributed by atoms with E-state index in [1.807, 2.05) is 0 Å². The molecule has 0 saturated carbocycles. The van der Waals surface area contributed by atoms with Crippen molar-refractivity contribution >= 4 is 22.9 Å². The summed E-state index contributed by atoms with van der Waals surface area (Å²) in [4.78, 5) is 0. The van der Waals surface area contributed by atoms with Gasteiger partial charge in [-0.2, -0.15) is 0 Å². The molecule has 6 heteroatoms. The van der Waals surface area contributed by atoms with E-state index < -0.39 is 11.6 Å². The van der Waals surface area contributed by atoms with E-state index in [0.29, 0.717) is 10.0 Å². The fourth-order valence-electron chi connectivity index (χ4n) is 1.09. The summed E-state index contributed by atoms with van der Waals surface area (Å²) in [5.74, 6) is -1.58. The van der Waals surface area contributed by atoms with Crippen LogP contribution in [-0.4, -0.2) is 10.2 Å². The minimum absolute atomic E-state index is 0.115. The summed E-state index contributed by atoms with van der Waals surface area (Å²) in [5, 5.41) is 8.38. The maximum Gasteiger partial charge on any atom is 0.169 e. The molecule has 0 radical (unpaired) electrons. The zero-order chi connectivity index (χ0) is 10.8. The van der Waals surface area contributed by atoms with Crippen molar-refractivity contribution in [3.63, 3.8) is 0 Å². The van der Waals surface area contributed by atoms with Crippen molar-refractivity contribution in [1.29, 1.82) is 0 Å². The molecule has 0 N–H and O–H groups in total. The molecule has 1 aromatic carbocycles. The van der Waals surface area contributed by atoms with E-state index in [-0.39, 0.29) is 11.4 Å². The van der Waals surface area contributed by atoms with E-state index in [0.717, 1.165) is 17.4 Å². The Morgan fingerprint density at radius 1 is 1.27 bits per heavy atom. The third kappa shape index (κ3) is 1.98. The van der Waals surface area contributed by atoms with E-state index in [9.17, 15) is 8.78 Å². The number of benzene rings is 1. The van der Waals surface area contributed by atoms with Gasteiger partial charge in [0.05, 0.1) is 11.4 Å². The first-order valence-corrected chi connectivity index (χ1v) is 5.40. The van der Waals surface area contributed by atoms with Crippen molar-refractivity contribution in [2.75, 3.05) is 0 Å². The van der Waals surface area contributed by atoms with Crippen molar-refractivity contribution < 1.29 is 8.78 Å². The highest BCUT2D eigenvalue weighted by molar-refractivity contribution is 7.14. The first-order chi connectivity index (χ1) is 7.22.